The summed E-state index contributed by atoms with van der Waals surface area (Å²) in [6.45, 7) is 1.55. The molecule has 6 heteroatoms. The van der Waals surface area contributed by atoms with Gasteiger partial charge in [0.2, 0.25) is 0 Å². The minimum Gasteiger partial charge on any atom is -0.458 e. The normalized spacial score (nSPS) is 11.5. The first-order valence-corrected chi connectivity index (χ1v) is 7.06. The van der Waals surface area contributed by atoms with Gasteiger partial charge in [0.1, 0.15) is 12.7 Å². The van der Waals surface area contributed by atoms with Crippen LogP contribution < -0.4 is 11.5 Å². The lowest BCUT2D eigenvalue weighted by atomic mass is 10.2. The van der Waals surface area contributed by atoms with Gasteiger partial charge in [-0.1, -0.05) is 24.3 Å². The Morgan fingerprint density at radius 1 is 0.913 bits per heavy atom. The van der Waals surface area contributed by atoms with E-state index in [-0.39, 0.29) is 17.7 Å². The maximum absolute atomic E-state index is 12.0. The van der Waals surface area contributed by atoms with E-state index in [4.69, 9.17) is 20.9 Å². The van der Waals surface area contributed by atoms with Crippen LogP contribution in [0, 0.1) is 0 Å². The van der Waals surface area contributed by atoms with E-state index in [1.165, 1.54) is 0 Å². The van der Waals surface area contributed by atoms with Crippen molar-refractivity contribution in [2.24, 2.45) is 0 Å². The monoisotopic (exact) mass is 314 g/mol. The quantitative estimate of drug-likeness (QED) is 0.648. The smallest absolute Gasteiger partial charge is 0.340 e. The van der Waals surface area contributed by atoms with E-state index in [2.05, 4.69) is 0 Å². The molecular weight excluding hydrogens is 296 g/mol. The molecule has 0 saturated heterocycles. The summed E-state index contributed by atoms with van der Waals surface area (Å²) in [5.41, 5.74) is 12.6. The maximum atomic E-state index is 12.0. The fourth-order valence-corrected chi connectivity index (χ4v) is 1.92. The standard InChI is InChI=1S/C17H18N2O4/c1-11(23-17(21)13-7-3-5-9-15(13)19)10-22-16(20)12-6-2-4-8-14(12)18/h2-9,11H,10,18-19H2,1H3. The topological polar surface area (TPSA) is 105 Å². The summed E-state index contributed by atoms with van der Waals surface area (Å²) >= 11 is 0. The summed E-state index contributed by atoms with van der Waals surface area (Å²) in [5.74, 6) is -1.13. The largest absolute Gasteiger partial charge is 0.458 e. The number of nitrogen functional groups attached to an aromatic ring is 2. The molecule has 0 aliphatic carbocycles. The zero-order valence-corrected chi connectivity index (χ0v) is 12.7. The first-order chi connectivity index (χ1) is 11.0. The van der Waals surface area contributed by atoms with Gasteiger partial charge in [-0.2, -0.15) is 0 Å². The van der Waals surface area contributed by atoms with Crippen LogP contribution in [0.2, 0.25) is 0 Å². The van der Waals surface area contributed by atoms with Crippen molar-refractivity contribution in [2.45, 2.75) is 13.0 Å². The van der Waals surface area contributed by atoms with Crippen molar-refractivity contribution in [3.05, 3.63) is 59.7 Å². The number of esters is 2. The first-order valence-electron chi connectivity index (χ1n) is 7.06. The highest BCUT2D eigenvalue weighted by molar-refractivity contribution is 5.95. The Morgan fingerprint density at radius 3 is 1.91 bits per heavy atom. The van der Waals surface area contributed by atoms with E-state index in [1.54, 1.807) is 55.5 Å². The molecule has 2 aromatic carbocycles. The van der Waals surface area contributed by atoms with Gasteiger partial charge in [0, 0.05) is 11.4 Å². The molecular formula is C17H18N2O4. The SMILES string of the molecule is CC(COC(=O)c1ccccc1N)OC(=O)c1ccccc1N. The maximum Gasteiger partial charge on any atom is 0.340 e. The van der Waals surface area contributed by atoms with Crippen LogP contribution in [-0.4, -0.2) is 24.6 Å². The van der Waals surface area contributed by atoms with Crippen molar-refractivity contribution < 1.29 is 19.1 Å². The van der Waals surface area contributed by atoms with E-state index >= 15 is 0 Å². The van der Waals surface area contributed by atoms with Gasteiger partial charge in [0.25, 0.3) is 0 Å². The Labute approximate surface area is 134 Å². The van der Waals surface area contributed by atoms with Crippen LogP contribution in [0.1, 0.15) is 27.6 Å². The number of carbonyl (C=O) groups excluding carboxylic acids is 2. The van der Waals surface area contributed by atoms with Gasteiger partial charge in [0.05, 0.1) is 11.1 Å². The van der Waals surface area contributed by atoms with Crippen molar-refractivity contribution in [2.75, 3.05) is 18.1 Å². The Kier molecular flexibility index (Phi) is 5.19. The van der Waals surface area contributed by atoms with Gasteiger partial charge >= 0.3 is 11.9 Å². The second kappa shape index (κ2) is 7.31. The summed E-state index contributed by atoms with van der Waals surface area (Å²) < 4.78 is 10.3. The van der Waals surface area contributed by atoms with Gasteiger partial charge in [0.15, 0.2) is 0 Å². The van der Waals surface area contributed by atoms with Crippen molar-refractivity contribution >= 4 is 23.3 Å². The molecule has 2 aromatic rings. The molecule has 0 radical (unpaired) electrons. The highest BCUT2D eigenvalue weighted by Gasteiger charge is 2.17. The number of rotatable bonds is 5. The van der Waals surface area contributed by atoms with E-state index in [0.29, 0.717) is 11.4 Å². The zero-order valence-electron chi connectivity index (χ0n) is 12.7. The van der Waals surface area contributed by atoms with E-state index in [0.717, 1.165) is 0 Å². The molecule has 120 valence electrons. The molecule has 0 aliphatic heterocycles. The minimum absolute atomic E-state index is 0.0777. The molecule has 6 nitrogen and oxygen atoms in total. The Bertz CT molecular complexity index is 715. The molecule has 23 heavy (non-hydrogen) atoms. The van der Waals surface area contributed by atoms with Gasteiger partial charge in [-0.3, -0.25) is 0 Å². The number of hydrogen-bond acceptors (Lipinski definition) is 6. The van der Waals surface area contributed by atoms with E-state index in [1.807, 2.05) is 0 Å². The molecule has 4 N–H and O–H groups in total. The number of hydrogen-bond donors (Lipinski definition) is 2. The average Bonchev–Trinajstić information content (AvgIpc) is 2.53. The number of anilines is 2. The van der Waals surface area contributed by atoms with Crippen LogP contribution in [0.3, 0.4) is 0 Å². The lowest BCUT2D eigenvalue weighted by Gasteiger charge is -2.14. The number of para-hydroxylation sites is 2. The summed E-state index contributed by atoms with van der Waals surface area (Å²) in [7, 11) is 0. The highest BCUT2D eigenvalue weighted by atomic mass is 16.6. The lowest BCUT2D eigenvalue weighted by molar-refractivity contribution is 0.00459. The van der Waals surface area contributed by atoms with Crippen LogP contribution in [0.15, 0.2) is 48.5 Å². The summed E-state index contributed by atoms with van der Waals surface area (Å²) in [5, 5.41) is 0. The summed E-state index contributed by atoms with van der Waals surface area (Å²) in [4.78, 5) is 23.9. The zero-order chi connectivity index (χ0) is 16.8. The van der Waals surface area contributed by atoms with Crippen LogP contribution in [0.4, 0.5) is 11.4 Å². The molecule has 0 heterocycles. The molecule has 0 saturated carbocycles. The van der Waals surface area contributed by atoms with Crippen molar-refractivity contribution in [1.29, 1.82) is 0 Å². The average molecular weight is 314 g/mol. The molecule has 0 aliphatic rings. The van der Waals surface area contributed by atoms with Gasteiger partial charge in [-0.25, -0.2) is 9.59 Å². The van der Waals surface area contributed by atoms with Crippen molar-refractivity contribution in [1.82, 2.24) is 0 Å². The van der Waals surface area contributed by atoms with Crippen LogP contribution in [0.25, 0.3) is 0 Å². The molecule has 2 rings (SSSR count). The van der Waals surface area contributed by atoms with E-state index < -0.39 is 18.0 Å². The summed E-state index contributed by atoms with van der Waals surface area (Å²) in [6.07, 6.45) is -0.615. The van der Waals surface area contributed by atoms with Crippen LogP contribution in [-0.2, 0) is 9.47 Å². The number of nitrogens with two attached hydrogens (primary N) is 2. The van der Waals surface area contributed by atoms with Gasteiger partial charge < -0.3 is 20.9 Å². The highest BCUT2D eigenvalue weighted by Crippen LogP contribution is 2.14. The predicted octanol–water partition coefficient (Wildman–Crippen LogP) is 2.25. The Balaban J connectivity index is 1.89. The second-order valence-electron chi connectivity index (χ2n) is 4.99. The number of ether oxygens (including phenoxy) is 2. The molecule has 1 atom stereocenters. The Morgan fingerprint density at radius 2 is 1.39 bits per heavy atom. The molecule has 0 bridgehead atoms. The van der Waals surface area contributed by atoms with Gasteiger partial charge in [-0.15, -0.1) is 0 Å². The number of benzene rings is 2. The van der Waals surface area contributed by atoms with Crippen LogP contribution >= 0.6 is 0 Å². The molecule has 0 amide bonds. The van der Waals surface area contributed by atoms with Gasteiger partial charge in [-0.05, 0) is 31.2 Å². The molecule has 0 fully saturated rings. The van der Waals surface area contributed by atoms with Crippen molar-refractivity contribution in [3.63, 3.8) is 0 Å². The number of carbonyl (C=O) groups is 2. The molecule has 0 spiro atoms. The van der Waals surface area contributed by atoms with Crippen LogP contribution in [0.5, 0.6) is 0 Å². The summed E-state index contributed by atoms with van der Waals surface area (Å²) in [6, 6.07) is 13.2. The lowest BCUT2D eigenvalue weighted by Crippen LogP contribution is -2.23. The minimum atomic E-state index is -0.615. The Hall–Kier alpha value is -3.02. The third-order valence-electron chi connectivity index (χ3n) is 3.12. The first kappa shape index (κ1) is 16.4. The molecule has 1 unspecified atom stereocenters. The fraction of sp³-hybridized carbons (Fsp3) is 0.176. The van der Waals surface area contributed by atoms with E-state index in [9.17, 15) is 9.59 Å². The predicted molar refractivity (Wildman–Crippen MR) is 86.9 cm³/mol. The molecule has 0 aromatic heterocycles. The third kappa shape index (κ3) is 4.23. The fourth-order valence-electron chi connectivity index (χ4n) is 1.92. The van der Waals surface area contributed by atoms with Crippen molar-refractivity contribution in [3.8, 4) is 0 Å². The second-order valence-corrected chi connectivity index (χ2v) is 4.99. The third-order valence-corrected chi connectivity index (χ3v) is 3.12.